The summed E-state index contributed by atoms with van der Waals surface area (Å²) < 4.78 is 3.82. The van der Waals surface area contributed by atoms with Crippen molar-refractivity contribution in [3.63, 3.8) is 0 Å². The topological polar surface area (TPSA) is 77.6 Å². The Hall–Kier alpha value is -2.18. The van der Waals surface area contributed by atoms with Crippen LogP contribution in [-0.2, 0) is 6.54 Å². The highest BCUT2D eigenvalue weighted by atomic mass is 16.1. The van der Waals surface area contributed by atoms with Crippen LogP contribution >= 0.6 is 0 Å². The van der Waals surface area contributed by atoms with Crippen molar-refractivity contribution in [2.24, 2.45) is 0 Å². The van der Waals surface area contributed by atoms with E-state index < -0.39 is 0 Å². The van der Waals surface area contributed by atoms with Crippen molar-refractivity contribution in [1.82, 2.24) is 29.6 Å². The molecule has 0 unspecified atom stereocenters. The van der Waals surface area contributed by atoms with Crippen LogP contribution in [0.1, 0.15) is 56.1 Å². The van der Waals surface area contributed by atoms with Gasteiger partial charge in [-0.1, -0.05) is 0 Å². The van der Waals surface area contributed by atoms with Gasteiger partial charge in [0.15, 0.2) is 5.82 Å². The smallest absolute Gasteiger partial charge is 0.271 e. The molecule has 0 aliphatic carbocycles. The second kappa shape index (κ2) is 5.85. The van der Waals surface area contributed by atoms with Gasteiger partial charge in [-0.15, -0.1) is 10.2 Å². The fraction of sp³-hybridized carbons (Fsp3) is 0.538. The zero-order valence-electron chi connectivity index (χ0n) is 12.2. The number of carbonyl (C=O) groups excluding carboxylic acids is 1. The molecule has 0 atom stereocenters. The first-order valence-corrected chi connectivity index (χ1v) is 6.69. The summed E-state index contributed by atoms with van der Waals surface area (Å²) in [5.41, 5.74) is 0.411. The van der Waals surface area contributed by atoms with Crippen molar-refractivity contribution in [2.45, 2.75) is 46.3 Å². The van der Waals surface area contributed by atoms with Crippen LogP contribution in [0.2, 0.25) is 0 Å². The molecule has 1 amide bonds. The van der Waals surface area contributed by atoms with Crippen LogP contribution in [0.4, 0.5) is 0 Å². The van der Waals surface area contributed by atoms with Crippen LogP contribution in [-0.4, -0.2) is 30.2 Å². The average molecular weight is 276 g/mol. The van der Waals surface area contributed by atoms with Crippen molar-refractivity contribution in [3.8, 4) is 0 Å². The standard InChI is InChI=1S/C13H20N6O/c1-9(2)18-6-11(15-7-18)13(20)14-5-12-17-16-8-19(12)10(3)4/h6-10H,5H2,1-4H3,(H,14,20). The monoisotopic (exact) mass is 276 g/mol. The van der Waals surface area contributed by atoms with Crippen LogP contribution in [0, 0.1) is 0 Å². The van der Waals surface area contributed by atoms with Gasteiger partial charge in [0.1, 0.15) is 12.0 Å². The number of hydrogen-bond donors (Lipinski definition) is 1. The Kier molecular flexibility index (Phi) is 4.16. The predicted octanol–water partition coefficient (Wildman–Crippen LogP) is 1.57. The van der Waals surface area contributed by atoms with Crippen molar-refractivity contribution >= 4 is 5.91 Å². The second-order valence-electron chi connectivity index (χ2n) is 5.23. The van der Waals surface area contributed by atoms with Gasteiger partial charge in [-0.25, -0.2) is 4.98 Å². The van der Waals surface area contributed by atoms with Crippen molar-refractivity contribution in [3.05, 3.63) is 30.4 Å². The molecule has 0 aliphatic heterocycles. The maximum absolute atomic E-state index is 12.0. The molecule has 0 aliphatic rings. The SMILES string of the molecule is CC(C)n1cnc(C(=O)NCc2nncn2C(C)C)c1. The lowest BCUT2D eigenvalue weighted by Gasteiger charge is -2.10. The van der Waals surface area contributed by atoms with Crippen LogP contribution in [0.3, 0.4) is 0 Å². The van der Waals surface area contributed by atoms with Gasteiger partial charge in [0.25, 0.3) is 5.91 Å². The third-order valence-corrected chi connectivity index (χ3v) is 3.04. The Balaban J connectivity index is 1.99. The first-order chi connectivity index (χ1) is 9.49. The Labute approximate surface area is 118 Å². The molecular weight excluding hydrogens is 256 g/mol. The predicted molar refractivity (Wildman–Crippen MR) is 74.2 cm³/mol. The Morgan fingerprint density at radius 2 is 2.00 bits per heavy atom. The molecule has 0 radical (unpaired) electrons. The molecule has 2 aromatic heterocycles. The van der Waals surface area contributed by atoms with Gasteiger partial charge in [0.2, 0.25) is 0 Å². The molecule has 20 heavy (non-hydrogen) atoms. The molecule has 0 saturated heterocycles. The molecule has 7 heteroatoms. The van der Waals surface area contributed by atoms with Crippen LogP contribution < -0.4 is 5.32 Å². The normalized spacial score (nSPS) is 11.3. The lowest BCUT2D eigenvalue weighted by atomic mass is 10.3. The van der Waals surface area contributed by atoms with Gasteiger partial charge in [-0.05, 0) is 27.7 Å². The van der Waals surface area contributed by atoms with E-state index >= 15 is 0 Å². The Bertz CT molecular complexity index is 583. The van der Waals surface area contributed by atoms with E-state index in [2.05, 4.69) is 20.5 Å². The van der Waals surface area contributed by atoms with Crippen LogP contribution in [0.5, 0.6) is 0 Å². The Morgan fingerprint density at radius 1 is 1.25 bits per heavy atom. The summed E-state index contributed by atoms with van der Waals surface area (Å²) in [6, 6.07) is 0.546. The minimum absolute atomic E-state index is 0.206. The fourth-order valence-corrected chi connectivity index (χ4v) is 1.81. The number of aromatic nitrogens is 5. The zero-order valence-corrected chi connectivity index (χ0v) is 12.2. The van der Waals surface area contributed by atoms with E-state index in [1.807, 2.05) is 36.8 Å². The highest BCUT2D eigenvalue weighted by Gasteiger charge is 2.12. The minimum Gasteiger partial charge on any atom is -0.343 e. The minimum atomic E-state index is -0.206. The maximum atomic E-state index is 12.0. The summed E-state index contributed by atoms with van der Waals surface area (Å²) >= 11 is 0. The van der Waals surface area contributed by atoms with E-state index in [-0.39, 0.29) is 18.0 Å². The average Bonchev–Trinajstić information content (AvgIpc) is 3.04. The van der Waals surface area contributed by atoms with E-state index in [0.29, 0.717) is 12.2 Å². The molecule has 0 saturated carbocycles. The van der Waals surface area contributed by atoms with E-state index in [1.54, 1.807) is 18.9 Å². The molecule has 7 nitrogen and oxygen atoms in total. The van der Waals surface area contributed by atoms with Gasteiger partial charge in [-0.2, -0.15) is 0 Å². The summed E-state index contributed by atoms with van der Waals surface area (Å²) in [5.74, 6) is 0.527. The molecule has 108 valence electrons. The third kappa shape index (κ3) is 3.04. The molecule has 2 heterocycles. The summed E-state index contributed by atoms with van der Waals surface area (Å²) in [6.45, 7) is 8.49. The number of imidazole rings is 1. The maximum Gasteiger partial charge on any atom is 0.271 e. The van der Waals surface area contributed by atoms with E-state index in [4.69, 9.17) is 0 Å². The van der Waals surface area contributed by atoms with Gasteiger partial charge in [0, 0.05) is 18.3 Å². The summed E-state index contributed by atoms with van der Waals surface area (Å²) in [6.07, 6.45) is 5.07. The molecular formula is C13H20N6O. The molecule has 0 fully saturated rings. The molecule has 0 aromatic carbocycles. The van der Waals surface area contributed by atoms with Gasteiger partial charge >= 0.3 is 0 Å². The largest absolute Gasteiger partial charge is 0.343 e. The first kappa shape index (κ1) is 14.2. The van der Waals surface area contributed by atoms with Gasteiger partial charge in [0.05, 0.1) is 12.9 Å². The quantitative estimate of drug-likeness (QED) is 0.899. The number of amides is 1. The number of nitrogens with zero attached hydrogens (tertiary/aromatic N) is 5. The number of hydrogen-bond acceptors (Lipinski definition) is 4. The summed E-state index contributed by atoms with van der Waals surface area (Å²) in [5, 5.41) is 10.7. The number of nitrogens with one attached hydrogen (secondary N) is 1. The van der Waals surface area contributed by atoms with Crippen LogP contribution in [0.15, 0.2) is 18.9 Å². The van der Waals surface area contributed by atoms with Crippen molar-refractivity contribution in [2.75, 3.05) is 0 Å². The lowest BCUT2D eigenvalue weighted by molar-refractivity contribution is 0.0944. The van der Waals surface area contributed by atoms with Crippen LogP contribution in [0.25, 0.3) is 0 Å². The Morgan fingerprint density at radius 3 is 2.60 bits per heavy atom. The molecule has 1 N–H and O–H groups in total. The highest BCUT2D eigenvalue weighted by molar-refractivity contribution is 5.91. The second-order valence-corrected chi connectivity index (χ2v) is 5.23. The summed E-state index contributed by atoms with van der Waals surface area (Å²) in [7, 11) is 0. The van der Waals surface area contributed by atoms with E-state index in [9.17, 15) is 4.79 Å². The molecule has 0 spiro atoms. The van der Waals surface area contributed by atoms with Gasteiger partial charge in [-0.3, -0.25) is 4.79 Å². The van der Waals surface area contributed by atoms with E-state index in [1.165, 1.54) is 0 Å². The van der Waals surface area contributed by atoms with Crippen molar-refractivity contribution in [1.29, 1.82) is 0 Å². The molecule has 2 aromatic rings. The van der Waals surface area contributed by atoms with E-state index in [0.717, 1.165) is 5.82 Å². The highest BCUT2D eigenvalue weighted by Crippen LogP contribution is 2.07. The zero-order chi connectivity index (χ0) is 14.7. The molecule has 0 bridgehead atoms. The van der Waals surface area contributed by atoms with Crippen molar-refractivity contribution < 1.29 is 4.79 Å². The third-order valence-electron chi connectivity index (χ3n) is 3.04. The molecule has 2 rings (SSSR count). The first-order valence-electron chi connectivity index (χ1n) is 6.69. The van der Waals surface area contributed by atoms with Gasteiger partial charge < -0.3 is 14.5 Å². The lowest BCUT2D eigenvalue weighted by Crippen LogP contribution is -2.25. The summed E-state index contributed by atoms with van der Waals surface area (Å²) in [4.78, 5) is 16.1. The number of carbonyl (C=O) groups is 1. The number of rotatable bonds is 5. The fourth-order valence-electron chi connectivity index (χ4n) is 1.81.